The summed E-state index contributed by atoms with van der Waals surface area (Å²) in [5.74, 6) is -0.249. The summed E-state index contributed by atoms with van der Waals surface area (Å²) < 4.78 is 0.575. The van der Waals surface area contributed by atoms with Gasteiger partial charge in [0.25, 0.3) is 0 Å². The zero-order valence-electron chi connectivity index (χ0n) is 16.0. The van der Waals surface area contributed by atoms with Gasteiger partial charge in [-0.1, -0.05) is 11.6 Å². The number of benzene rings is 1. The summed E-state index contributed by atoms with van der Waals surface area (Å²) in [6, 6.07) is 9.40. The number of Topliss-reactive ketones (excluding diaryl/α,β-unsaturated/α-hetero) is 1. The molecule has 1 amide bonds. The molecule has 150 valence electrons. The Morgan fingerprint density at radius 1 is 1.03 bits per heavy atom. The van der Waals surface area contributed by atoms with Crippen molar-refractivity contribution in [3.05, 3.63) is 51.9 Å². The number of thiophene rings is 1. The predicted octanol–water partition coefficient (Wildman–Crippen LogP) is 5.54. The molecule has 0 atom stereocenters. The quantitative estimate of drug-likeness (QED) is 0.524. The Bertz CT molecular complexity index is 1040. The van der Waals surface area contributed by atoms with E-state index in [1.807, 2.05) is 12.1 Å². The van der Waals surface area contributed by atoms with E-state index in [-0.39, 0.29) is 24.5 Å². The molecule has 7 heteroatoms. The lowest BCUT2D eigenvalue weighted by molar-refractivity contribution is -0.116. The zero-order chi connectivity index (χ0) is 20.2. The first-order valence-electron chi connectivity index (χ1n) is 9.82. The van der Waals surface area contributed by atoms with Gasteiger partial charge in [0, 0.05) is 54.8 Å². The third kappa shape index (κ3) is 4.60. The number of amides is 1. The van der Waals surface area contributed by atoms with Gasteiger partial charge in [-0.25, -0.2) is 0 Å². The number of halogens is 1. The van der Waals surface area contributed by atoms with E-state index in [9.17, 15) is 9.59 Å². The van der Waals surface area contributed by atoms with E-state index in [0.717, 1.165) is 29.5 Å². The smallest absolute Gasteiger partial charge is 0.224 e. The molecular formula is C22H22ClN3O2S. The molecule has 0 bridgehead atoms. The molecule has 0 spiro atoms. The molecule has 0 saturated carbocycles. The van der Waals surface area contributed by atoms with E-state index >= 15 is 0 Å². The van der Waals surface area contributed by atoms with Crippen molar-refractivity contribution in [1.29, 1.82) is 0 Å². The number of pyridine rings is 1. The molecule has 3 aromatic rings. The number of piperidine rings is 1. The lowest BCUT2D eigenvalue weighted by atomic mass is 10.0. The third-order valence-corrected chi connectivity index (χ3v) is 6.47. The maximum absolute atomic E-state index is 12.5. The Labute approximate surface area is 178 Å². The minimum atomic E-state index is -0.183. The number of rotatable bonds is 6. The largest absolute Gasteiger partial charge is 0.371 e. The van der Waals surface area contributed by atoms with Crippen molar-refractivity contribution >= 4 is 56.8 Å². The molecule has 4 rings (SSSR count). The monoisotopic (exact) mass is 427 g/mol. The van der Waals surface area contributed by atoms with Gasteiger partial charge >= 0.3 is 0 Å². The second kappa shape index (κ2) is 8.93. The number of hydrogen-bond acceptors (Lipinski definition) is 5. The average Bonchev–Trinajstić information content (AvgIpc) is 3.19. The van der Waals surface area contributed by atoms with E-state index in [2.05, 4.69) is 21.3 Å². The SMILES string of the molecule is O=C(CCC(=O)c1ccc(Cl)s1)Nc1ccc(N2CCCCC2)c2ccncc12. The zero-order valence-corrected chi connectivity index (χ0v) is 17.6. The Kier molecular flexibility index (Phi) is 6.11. The van der Waals surface area contributed by atoms with Gasteiger partial charge in [0.2, 0.25) is 5.91 Å². The van der Waals surface area contributed by atoms with Crippen LogP contribution in [0.15, 0.2) is 42.7 Å². The summed E-state index contributed by atoms with van der Waals surface area (Å²) in [4.78, 5) is 31.9. The number of nitrogens with zero attached hydrogens (tertiary/aromatic N) is 2. The highest BCUT2D eigenvalue weighted by Crippen LogP contribution is 2.33. The first kappa shape index (κ1) is 19.9. The van der Waals surface area contributed by atoms with Crippen LogP contribution in [0.2, 0.25) is 4.34 Å². The van der Waals surface area contributed by atoms with Gasteiger partial charge in [-0.15, -0.1) is 11.3 Å². The van der Waals surface area contributed by atoms with Gasteiger partial charge in [-0.05, 0) is 49.6 Å². The Morgan fingerprint density at radius 2 is 1.86 bits per heavy atom. The maximum atomic E-state index is 12.5. The molecule has 5 nitrogen and oxygen atoms in total. The van der Waals surface area contributed by atoms with E-state index in [1.165, 1.54) is 36.3 Å². The Morgan fingerprint density at radius 3 is 2.62 bits per heavy atom. The second-order valence-corrected chi connectivity index (χ2v) is 8.89. The standard InChI is InChI=1S/C22H22ClN3O2S/c23-21-8-7-20(29-21)19(27)6-9-22(28)25-17-4-5-18(26-12-2-1-3-13-26)15-10-11-24-14-16(15)17/h4-5,7-8,10-11,14H,1-3,6,9,12-13H2,(H,25,28). The summed E-state index contributed by atoms with van der Waals surface area (Å²) in [7, 11) is 0. The van der Waals surface area contributed by atoms with Gasteiger partial charge < -0.3 is 10.2 Å². The van der Waals surface area contributed by atoms with Crippen LogP contribution in [0.1, 0.15) is 41.8 Å². The van der Waals surface area contributed by atoms with Gasteiger partial charge in [0.05, 0.1) is 14.9 Å². The molecule has 0 aliphatic carbocycles. The van der Waals surface area contributed by atoms with E-state index in [0.29, 0.717) is 9.21 Å². The van der Waals surface area contributed by atoms with Crippen LogP contribution in [0.25, 0.3) is 10.8 Å². The van der Waals surface area contributed by atoms with E-state index in [1.54, 1.807) is 24.5 Å². The highest BCUT2D eigenvalue weighted by atomic mass is 35.5. The molecule has 1 aromatic carbocycles. The summed E-state index contributed by atoms with van der Waals surface area (Å²) in [5, 5.41) is 4.96. The number of fused-ring (bicyclic) bond motifs is 1. The van der Waals surface area contributed by atoms with Crippen molar-refractivity contribution in [1.82, 2.24) is 4.98 Å². The summed E-state index contributed by atoms with van der Waals surface area (Å²) in [6.07, 6.45) is 7.54. The van der Waals surface area contributed by atoms with Crippen molar-refractivity contribution in [3.63, 3.8) is 0 Å². The van der Waals surface area contributed by atoms with E-state index in [4.69, 9.17) is 11.6 Å². The van der Waals surface area contributed by atoms with Crippen LogP contribution in [-0.4, -0.2) is 29.8 Å². The predicted molar refractivity (Wildman–Crippen MR) is 119 cm³/mol. The number of ketones is 1. The number of aromatic nitrogens is 1. The fourth-order valence-electron chi connectivity index (χ4n) is 3.72. The summed E-state index contributed by atoms with van der Waals surface area (Å²) >= 11 is 7.12. The molecule has 0 radical (unpaired) electrons. The van der Waals surface area contributed by atoms with Crippen molar-refractivity contribution < 1.29 is 9.59 Å². The lowest BCUT2D eigenvalue weighted by Gasteiger charge is -2.30. The molecule has 1 fully saturated rings. The van der Waals surface area contributed by atoms with Crippen LogP contribution in [0.5, 0.6) is 0 Å². The highest BCUT2D eigenvalue weighted by Gasteiger charge is 2.17. The van der Waals surface area contributed by atoms with Crippen molar-refractivity contribution in [2.75, 3.05) is 23.3 Å². The molecule has 1 aliphatic rings. The summed E-state index contributed by atoms with van der Waals surface area (Å²) in [5.41, 5.74) is 1.91. The maximum Gasteiger partial charge on any atom is 0.224 e. The number of carbonyl (C=O) groups excluding carboxylic acids is 2. The number of anilines is 2. The molecular weight excluding hydrogens is 406 g/mol. The number of hydrogen-bond donors (Lipinski definition) is 1. The van der Waals surface area contributed by atoms with Crippen molar-refractivity contribution in [2.45, 2.75) is 32.1 Å². The first-order chi connectivity index (χ1) is 14.1. The number of carbonyl (C=O) groups is 2. The molecule has 3 heterocycles. The van der Waals surface area contributed by atoms with Gasteiger partial charge in [-0.2, -0.15) is 0 Å². The first-order valence-corrected chi connectivity index (χ1v) is 11.0. The Balaban J connectivity index is 1.47. The van der Waals surface area contributed by atoms with Crippen LogP contribution in [0.3, 0.4) is 0 Å². The number of nitrogens with one attached hydrogen (secondary N) is 1. The third-order valence-electron chi connectivity index (χ3n) is 5.19. The van der Waals surface area contributed by atoms with E-state index < -0.39 is 0 Å². The van der Waals surface area contributed by atoms with Crippen LogP contribution >= 0.6 is 22.9 Å². The van der Waals surface area contributed by atoms with Crippen LogP contribution in [0.4, 0.5) is 11.4 Å². The minimum Gasteiger partial charge on any atom is -0.371 e. The molecule has 1 saturated heterocycles. The molecule has 29 heavy (non-hydrogen) atoms. The summed E-state index contributed by atoms with van der Waals surface area (Å²) in [6.45, 7) is 2.11. The lowest BCUT2D eigenvalue weighted by Crippen LogP contribution is -2.29. The van der Waals surface area contributed by atoms with Crippen molar-refractivity contribution in [2.24, 2.45) is 0 Å². The van der Waals surface area contributed by atoms with Crippen LogP contribution in [0, 0.1) is 0 Å². The topological polar surface area (TPSA) is 62.3 Å². The fourth-order valence-corrected chi connectivity index (χ4v) is 4.73. The van der Waals surface area contributed by atoms with Gasteiger partial charge in [0.1, 0.15) is 0 Å². The molecule has 1 N–H and O–H groups in total. The van der Waals surface area contributed by atoms with Crippen molar-refractivity contribution in [3.8, 4) is 0 Å². The highest BCUT2D eigenvalue weighted by molar-refractivity contribution is 7.18. The van der Waals surface area contributed by atoms with Gasteiger partial charge in [-0.3, -0.25) is 14.6 Å². The fraction of sp³-hybridized carbons (Fsp3) is 0.318. The second-order valence-electron chi connectivity index (χ2n) is 7.18. The van der Waals surface area contributed by atoms with Crippen LogP contribution in [-0.2, 0) is 4.79 Å². The van der Waals surface area contributed by atoms with Crippen LogP contribution < -0.4 is 10.2 Å². The average molecular weight is 428 g/mol. The molecule has 2 aromatic heterocycles. The molecule has 1 aliphatic heterocycles. The minimum absolute atomic E-state index is 0.0657. The van der Waals surface area contributed by atoms with Gasteiger partial charge in [0.15, 0.2) is 5.78 Å². The molecule has 0 unspecified atom stereocenters. The Hall–Kier alpha value is -2.44. The normalized spacial score (nSPS) is 14.2.